The van der Waals surface area contributed by atoms with Crippen molar-refractivity contribution in [2.24, 2.45) is 0 Å². The van der Waals surface area contributed by atoms with Crippen molar-refractivity contribution >= 4 is 18.0 Å². The van der Waals surface area contributed by atoms with Gasteiger partial charge in [-0.2, -0.15) is 0 Å². The van der Waals surface area contributed by atoms with Crippen molar-refractivity contribution in [1.29, 1.82) is 0 Å². The maximum atomic E-state index is 12.1. The van der Waals surface area contributed by atoms with Crippen molar-refractivity contribution < 1.29 is 33.7 Å². The van der Waals surface area contributed by atoms with Crippen molar-refractivity contribution in [2.75, 3.05) is 13.7 Å². The number of aryl methyl sites for hydroxylation is 1. The van der Waals surface area contributed by atoms with Crippen molar-refractivity contribution in [3.05, 3.63) is 35.4 Å². The molecule has 144 valence electrons. The van der Waals surface area contributed by atoms with Gasteiger partial charge in [-0.25, -0.2) is 14.4 Å². The van der Waals surface area contributed by atoms with E-state index in [2.05, 4.69) is 10.1 Å². The maximum absolute atomic E-state index is 12.1. The molecule has 2 N–H and O–H groups in total. The SMILES string of the molecule is COC(=O)[C@@H](O)[C@@H](COC(=O)c1ccc(C)cc1)NC(=O)OC(C)(C)C. The number of hydrogen-bond acceptors (Lipinski definition) is 7. The summed E-state index contributed by atoms with van der Waals surface area (Å²) < 4.78 is 14.6. The fraction of sp³-hybridized carbons (Fsp3) is 0.500. The summed E-state index contributed by atoms with van der Waals surface area (Å²) in [7, 11) is 1.09. The van der Waals surface area contributed by atoms with Gasteiger partial charge in [0.1, 0.15) is 18.2 Å². The Morgan fingerprint density at radius 2 is 1.73 bits per heavy atom. The summed E-state index contributed by atoms with van der Waals surface area (Å²) in [5, 5.41) is 12.3. The van der Waals surface area contributed by atoms with Crippen LogP contribution in [0.4, 0.5) is 4.79 Å². The van der Waals surface area contributed by atoms with Crippen LogP contribution in [-0.4, -0.2) is 54.6 Å². The lowest BCUT2D eigenvalue weighted by molar-refractivity contribution is -0.152. The molecule has 0 aliphatic carbocycles. The van der Waals surface area contributed by atoms with Gasteiger partial charge in [0.05, 0.1) is 12.7 Å². The third kappa shape index (κ3) is 7.10. The largest absolute Gasteiger partial charge is 0.467 e. The zero-order valence-electron chi connectivity index (χ0n) is 15.6. The van der Waals surface area contributed by atoms with Gasteiger partial charge in [0.25, 0.3) is 0 Å². The number of carbonyl (C=O) groups is 3. The molecule has 0 heterocycles. The van der Waals surface area contributed by atoms with Gasteiger partial charge in [-0.05, 0) is 39.8 Å². The van der Waals surface area contributed by atoms with Gasteiger partial charge in [0, 0.05) is 0 Å². The summed E-state index contributed by atoms with van der Waals surface area (Å²) >= 11 is 0. The number of benzene rings is 1. The summed E-state index contributed by atoms with van der Waals surface area (Å²) in [4.78, 5) is 35.5. The van der Waals surface area contributed by atoms with E-state index in [4.69, 9.17) is 9.47 Å². The second-order valence-electron chi connectivity index (χ2n) is 6.69. The zero-order valence-corrected chi connectivity index (χ0v) is 15.6. The van der Waals surface area contributed by atoms with Crippen molar-refractivity contribution in [2.45, 2.75) is 45.4 Å². The Bertz CT molecular complexity index is 634. The Balaban J connectivity index is 2.78. The summed E-state index contributed by atoms with van der Waals surface area (Å²) in [6.45, 7) is 6.42. The van der Waals surface area contributed by atoms with Crippen LogP contribution >= 0.6 is 0 Å². The van der Waals surface area contributed by atoms with E-state index in [1.54, 1.807) is 45.0 Å². The van der Waals surface area contributed by atoms with E-state index in [1.165, 1.54) is 0 Å². The predicted molar refractivity (Wildman–Crippen MR) is 92.6 cm³/mol. The molecule has 26 heavy (non-hydrogen) atoms. The van der Waals surface area contributed by atoms with Gasteiger partial charge in [0.2, 0.25) is 0 Å². The Labute approximate surface area is 152 Å². The van der Waals surface area contributed by atoms with Crippen LogP contribution in [0.15, 0.2) is 24.3 Å². The highest BCUT2D eigenvalue weighted by molar-refractivity contribution is 5.89. The van der Waals surface area contributed by atoms with Crippen LogP contribution in [-0.2, 0) is 19.0 Å². The molecule has 1 rings (SSSR count). The maximum Gasteiger partial charge on any atom is 0.408 e. The number of ether oxygens (including phenoxy) is 3. The average Bonchev–Trinajstić information content (AvgIpc) is 2.55. The molecule has 8 heteroatoms. The first-order valence-corrected chi connectivity index (χ1v) is 8.02. The number of carbonyl (C=O) groups excluding carboxylic acids is 3. The fourth-order valence-corrected chi connectivity index (χ4v) is 1.89. The number of hydrogen-bond donors (Lipinski definition) is 2. The van der Waals surface area contributed by atoms with Crippen molar-refractivity contribution in [3.63, 3.8) is 0 Å². The van der Waals surface area contributed by atoms with Gasteiger partial charge in [-0.1, -0.05) is 17.7 Å². The van der Waals surface area contributed by atoms with E-state index in [9.17, 15) is 19.5 Å². The molecule has 0 aliphatic rings. The summed E-state index contributed by atoms with van der Waals surface area (Å²) in [5.41, 5.74) is 0.509. The highest BCUT2D eigenvalue weighted by Crippen LogP contribution is 2.09. The first kappa shape index (κ1) is 21.4. The fourth-order valence-electron chi connectivity index (χ4n) is 1.89. The smallest absolute Gasteiger partial charge is 0.408 e. The molecule has 0 spiro atoms. The second kappa shape index (κ2) is 9.19. The highest BCUT2D eigenvalue weighted by atomic mass is 16.6. The lowest BCUT2D eigenvalue weighted by Crippen LogP contribution is -2.51. The minimum absolute atomic E-state index is 0.305. The topological polar surface area (TPSA) is 111 Å². The molecular weight excluding hydrogens is 342 g/mol. The average molecular weight is 367 g/mol. The normalized spacial score (nSPS) is 13.3. The molecule has 0 saturated carbocycles. The molecule has 1 amide bonds. The van der Waals surface area contributed by atoms with Crippen LogP contribution in [0.3, 0.4) is 0 Å². The third-order valence-electron chi connectivity index (χ3n) is 3.21. The van der Waals surface area contributed by atoms with E-state index in [1.807, 2.05) is 6.92 Å². The lowest BCUT2D eigenvalue weighted by Gasteiger charge is -2.25. The minimum atomic E-state index is -1.72. The van der Waals surface area contributed by atoms with Crippen LogP contribution < -0.4 is 5.32 Å². The minimum Gasteiger partial charge on any atom is -0.467 e. The quantitative estimate of drug-likeness (QED) is 0.580. The Morgan fingerprint density at radius 1 is 1.15 bits per heavy atom. The molecule has 0 aliphatic heterocycles. The van der Waals surface area contributed by atoms with E-state index in [-0.39, 0.29) is 0 Å². The molecule has 1 aromatic carbocycles. The summed E-state index contributed by atoms with van der Waals surface area (Å²) in [6, 6.07) is 5.44. The first-order valence-electron chi connectivity index (χ1n) is 8.02. The Morgan fingerprint density at radius 3 is 2.23 bits per heavy atom. The molecule has 0 unspecified atom stereocenters. The van der Waals surface area contributed by atoms with Crippen LogP contribution in [0.25, 0.3) is 0 Å². The number of aliphatic hydroxyl groups excluding tert-OH is 1. The number of rotatable bonds is 6. The van der Waals surface area contributed by atoms with Gasteiger partial charge >= 0.3 is 18.0 Å². The van der Waals surface area contributed by atoms with E-state index in [0.29, 0.717) is 5.56 Å². The van der Waals surface area contributed by atoms with Crippen LogP contribution in [0, 0.1) is 6.92 Å². The summed E-state index contributed by atoms with van der Waals surface area (Å²) in [5.74, 6) is -1.63. The predicted octanol–water partition coefficient (Wildman–Crippen LogP) is 1.58. The van der Waals surface area contributed by atoms with Crippen molar-refractivity contribution in [3.8, 4) is 0 Å². The third-order valence-corrected chi connectivity index (χ3v) is 3.21. The number of nitrogens with one attached hydrogen (secondary N) is 1. The van der Waals surface area contributed by atoms with Crippen molar-refractivity contribution in [1.82, 2.24) is 5.32 Å². The number of methoxy groups -OCH3 is 1. The van der Waals surface area contributed by atoms with Gasteiger partial charge < -0.3 is 24.6 Å². The number of alkyl carbamates (subject to hydrolysis) is 1. The molecule has 8 nitrogen and oxygen atoms in total. The van der Waals surface area contributed by atoms with E-state index >= 15 is 0 Å². The number of esters is 2. The number of aliphatic hydroxyl groups is 1. The second-order valence-corrected chi connectivity index (χ2v) is 6.69. The molecular formula is C18H25NO7. The van der Waals surface area contributed by atoms with Gasteiger partial charge in [0.15, 0.2) is 6.10 Å². The molecule has 0 radical (unpaired) electrons. The van der Waals surface area contributed by atoms with Gasteiger partial charge in [-0.3, -0.25) is 0 Å². The molecule has 0 bridgehead atoms. The highest BCUT2D eigenvalue weighted by Gasteiger charge is 2.31. The van der Waals surface area contributed by atoms with Crippen LogP contribution in [0.5, 0.6) is 0 Å². The van der Waals surface area contributed by atoms with Gasteiger partial charge in [-0.15, -0.1) is 0 Å². The first-order chi connectivity index (χ1) is 12.0. The van der Waals surface area contributed by atoms with E-state index < -0.39 is 42.4 Å². The zero-order chi connectivity index (χ0) is 19.9. The monoisotopic (exact) mass is 367 g/mol. The van der Waals surface area contributed by atoms with Crippen LogP contribution in [0.1, 0.15) is 36.7 Å². The molecule has 0 aromatic heterocycles. The molecule has 0 saturated heterocycles. The number of amides is 1. The molecule has 1 aromatic rings. The Kier molecular flexibility index (Phi) is 7.57. The summed E-state index contributed by atoms with van der Waals surface area (Å²) in [6.07, 6.45) is -2.59. The Hall–Kier alpha value is -2.61. The van der Waals surface area contributed by atoms with E-state index in [0.717, 1.165) is 12.7 Å². The standard InChI is InChI=1S/C18H25NO7/c1-11-6-8-12(9-7-11)15(21)25-10-13(14(20)16(22)24-5)19-17(23)26-18(2,3)4/h6-9,13-14,20H,10H2,1-5H3,(H,19,23)/t13-,14+/m1/s1. The lowest BCUT2D eigenvalue weighted by atomic mass is 10.1. The molecule has 0 fully saturated rings. The van der Waals surface area contributed by atoms with Crippen LogP contribution in [0.2, 0.25) is 0 Å². The molecule has 2 atom stereocenters.